The van der Waals surface area contributed by atoms with E-state index in [2.05, 4.69) is 25.1 Å². The minimum atomic E-state index is -4.87. The number of carbonyl (C=O) groups is 1. The van der Waals surface area contributed by atoms with Crippen LogP contribution in [0, 0.1) is 6.92 Å². The van der Waals surface area contributed by atoms with Crippen LogP contribution in [0.3, 0.4) is 0 Å². The zero-order chi connectivity index (χ0) is 24.6. The van der Waals surface area contributed by atoms with Crippen molar-refractivity contribution in [2.24, 2.45) is 0 Å². The van der Waals surface area contributed by atoms with Gasteiger partial charge in [-0.25, -0.2) is 0 Å². The predicted octanol–water partition coefficient (Wildman–Crippen LogP) is 4.50. The van der Waals surface area contributed by atoms with Crippen molar-refractivity contribution in [1.29, 1.82) is 0 Å². The van der Waals surface area contributed by atoms with Gasteiger partial charge in [-0.1, -0.05) is 23.4 Å². The molecule has 1 aliphatic heterocycles. The molecule has 0 radical (unpaired) electrons. The van der Waals surface area contributed by atoms with Crippen molar-refractivity contribution in [1.82, 2.24) is 30.0 Å². The van der Waals surface area contributed by atoms with Crippen LogP contribution in [0.5, 0.6) is 5.75 Å². The molecular formula is C23H19F3N6O3. The average molecular weight is 484 g/mol. The first-order valence-corrected chi connectivity index (χ1v) is 10.8. The van der Waals surface area contributed by atoms with E-state index in [0.717, 1.165) is 5.56 Å². The zero-order valence-corrected chi connectivity index (χ0v) is 18.4. The fraction of sp³-hybridized carbons (Fsp3) is 0.261. The third-order valence-corrected chi connectivity index (χ3v) is 5.61. The number of rotatable bonds is 5. The fourth-order valence-corrected chi connectivity index (χ4v) is 4.10. The van der Waals surface area contributed by atoms with Gasteiger partial charge < -0.3 is 14.2 Å². The summed E-state index contributed by atoms with van der Waals surface area (Å²) >= 11 is 0. The van der Waals surface area contributed by atoms with Gasteiger partial charge in [-0.15, -0.1) is 13.2 Å². The summed E-state index contributed by atoms with van der Waals surface area (Å²) in [6, 6.07) is 10.4. The van der Waals surface area contributed by atoms with Crippen LogP contribution >= 0.6 is 0 Å². The second-order valence-corrected chi connectivity index (χ2v) is 8.00. The number of para-hydroxylation sites is 1. The van der Waals surface area contributed by atoms with Gasteiger partial charge in [0, 0.05) is 6.54 Å². The summed E-state index contributed by atoms with van der Waals surface area (Å²) in [6.45, 7) is 2.36. The van der Waals surface area contributed by atoms with E-state index >= 15 is 0 Å². The second kappa shape index (κ2) is 8.85. The van der Waals surface area contributed by atoms with E-state index in [0.29, 0.717) is 30.6 Å². The Balaban J connectivity index is 1.45. The van der Waals surface area contributed by atoms with Gasteiger partial charge in [-0.3, -0.25) is 4.79 Å². The highest BCUT2D eigenvalue weighted by Crippen LogP contribution is 2.36. The molecule has 12 heteroatoms. The van der Waals surface area contributed by atoms with Crippen molar-refractivity contribution in [2.75, 3.05) is 6.54 Å². The van der Waals surface area contributed by atoms with Gasteiger partial charge in [0.05, 0.1) is 35.2 Å². The van der Waals surface area contributed by atoms with Gasteiger partial charge in [0.15, 0.2) is 5.82 Å². The van der Waals surface area contributed by atoms with Crippen LogP contribution in [0.1, 0.15) is 40.6 Å². The van der Waals surface area contributed by atoms with Crippen molar-refractivity contribution < 1.29 is 27.2 Å². The number of ether oxygens (including phenoxy) is 1. The number of aryl methyl sites for hydroxylation is 1. The summed E-state index contributed by atoms with van der Waals surface area (Å²) in [5.41, 5.74) is 1.89. The molecule has 1 amide bonds. The molecule has 35 heavy (non-hydrogen) atoms. The maximum atomic E-state index is 13.6. The van der Waals surface area contributed by atoms with E-state index < -0.39 is 18.2 Å². The highest BCUT2D eigenvalue weighted by Gasteiger charge is 2.36. The lowest BCUT2D eigenvalue weighted by atomic mass is 10.1. The largest absolute Gasteiger partial charge is 0.573 e. The van der Waals surface area contributed by atoms with Gasteiger partial charge in [0.25, 0.3) is 11.8 Å². The summed E-state index contributed by atoms with van der Waals surface area (Å²) in [6.07, 6.45) is -0.544. The topological polar surface area (TPSA) is 99.2 Å². The van der Waals surface area contributed by atoms with Crippen molar-refractivity contribution in [2.45, 2.75) is 32.2 Å². The van der Waals surface area contributed by atoms with E-state index in [-0.39, 0.29) is 23.2 Å². The molecule has 0 bridgehead atoms. The molecule has 2 aromatic heterocycles. The molecule has 0 saturated carbocycles. The number of amides is 1. The molecule has 5 rings (SSSR count). The quantitative estimate of drug-likeness (QED) is 0.411. The number of nitrogens with zero attached hydrogens (tertiary/aromatic N) is 6. The molecule has 1 fully saturated rings. The molecule has 0 aliphatic carbocycles. The number of hydrogen-bond donors (Lipinski definition) is 0. The van der Waals surface area contributed by atoms with Crippen LogP contribution < -0.4 is 4.74 Å². The highest BCUT2D eigenvalue weighted by molar-refractivity contribution is 5.98. The van der Waals surface area contributed by atoms with Gasteiger partial charge >= 0.3 is 6.36 Å². The van der Waals surface area contributed by atoms with Gasteiger partial charge in [0.2, 0.25) is 0 Å². The third-order valence-electron chi connectivity index (χ3n) is 5.61. The molecule has 1 atom stereocenters. The van der Waals surface area contributed by atoms with Crippen LogP contribution in [0.15, 0.2) is 59.4 Å². The summed E-state index contributed by atoms with van der Waals surface area (Å²) in [7, 11) is 0. The Hall–Kier alpha value is -4.22. The third kappa shape index (κ3) is 4.59. The summed E-state index contributed by atoms with van der Waals surface area (Å²) in [5.74, 6) is -0.632. The Kier molecular flexibility index (Phi) is 5.71. The Morgan fingerprint density at radius 2 is 1.91 bits per heavy atom. The van der Waals surface area contributed by atoms with Gasteiger partial charge in [-0.05, 0) is 49.6 Å². The lowest BCUT2D eigenvalue weighted by Gasteiger charge is -2.23. The number of benzene rings is 2. The number of likely N-dealkylation sites (tertiary alicyclic amines) is 1. The summed E-state index contributed by atoms with van der Waals surface area (Å²) < 4.78 is 47.8. The van der Waals surface area contributed by atoms with Gasteiger partial charge in [-0.2, -0.15) is 20.0 Å². The first-order chi connectivity index (χ1) is 16.8. The van der Waals surface area contributed by atoms with Crippen molar-refractivity contribution in [3.8, 4) is 22.9 Å². The molecule has 1 unspecified atom stereocenters. The van der Waals surface area contributed by atoms with Crippen LogP contribution in [-0.4, -0.2) is 48.8 Å². The number of alkyl halides is 3. The number of carbonyl (C=O) groups excluding carboxylic acids is 1. The minimum Gasteiger partial charge on any atom is -0.405 e. The predicted molar refractivity (Wildman–Crippen MR) is 116 cm³/mol. The van der Waals surface area contributed by atoms with E-state index in [1.807, 2.05) is 19.1 Å². The maximum Gasteiger partial charge on any atom is 0.573 e. The van der Waals surface area contributed by atoms with E-state index in [4.69, 9.17) is 4.52 Å². The Labute approximate surface area is 197 Å². The van der Waals surface area contributed by atoms with Crippen molar-refractivity contribution >= 4 is 5.91 Å². The standard InChI is InChI=1S/C23H19F3N6O3/c1-14-8-9-15(18(13-14)32-27-10-11-28-32)22(33)31-12-4-6-17(31)20-29-21(35-30-20)16-5-2-3-7-19(16)34-23(24,25)26/h2-3,5,7-11,13,17H,4,6,12H2,1H3. The normalized spacial score (nSPS) is 16.0. The number of hydrogen-bond acceptors (Lipinski definition) is 7. The summed E-state index contributed by atoms with van der Waals surface area (Å²) in [4.78, 5) is 20.9. The molecule has 1 saturated heterocycles. The van der Waals surface area contributed by atoms with Crippen LogP contribution in [0.25, 0.3) is 17.1 Å². The molecular weight excluding hydrogens is 465 g/mol. The lowest BCUT2D eigenvalue weighted by Crippen LogP contribution is -2.32. The Morgan fingerprint density at radius 3 is 2.69 bits per heavy atom. The Bertz CT molecular complexity index is 1350. The molecule has 9 nitrogen and oxygen atoms in total. The number of halogens is 3. The Morgan fingerprint density at radius 1 is 1.14 bits per heavy atom. The zero-order valence-electron chi connectivity index (χ0n) is 18.4. The minimum absolute atomic E-state index is 0.00465. The van der Waals surface area contributed by atoms with Crippen LogP contribution in [0.2, 0.25) is 0 Å². The average Bonchev–Trinajstić information content (AvgIpc) is 3.59. The molecule has 4 aromatic rings. The van der Waals surface area contributed by atoms with E-state index in [1.54, 1.807) is 11.0 Å². The lowest BCUT2D eigenvalue weighted by molar-refractivity contribution is -0.274. The maximum absolute atomic E-state index is 13.6. The molecule has 0 N–H and O–H groups in total. The fourth-order valence-electron chi connectivity index (χ4n) is 4.10. The SMILES string of the molecule is Cc1ccc(C(=O)N2CCCC2c2noc(-c3ccccc3OC(F)(F)F)n2)c(-n2nccn2)c1. The van der Waals surface area contributed by atoms with E-state index in [9.17, 15) is 18.0 Å². The molecule has 1 aliphatic rings. The molecule has 3 heterocycles. The highest BCUT2D eigenvalue weighted by atomic mass is 19.4. The molecule has 0 spiro atoms. The number of aromatic nitrogens is 5. The molecule has 2 aromatic carbocycles. The second-order valence-electron chi connectivity index (χ2n) is 8.00. The van der Waals surface area contributed by atoms with Crippen LogP contribution in [0.4, 0.5) is 13.2 Å². The van der Waals surface area contributed by atoms with Crippen LogP contribution in [-0.2, 0) is 0 Å². The van der Waals surface area contributed by atoms with Gasteiger partial charge in [0.1, 0.15) is 5.75 Å². The monoisotopic (exact) mass is 484 g/mol. The van der Waals surface area contributed by atoms with Crippen molar-refractivity contribution in [3.05, 3.63) is 71.8 Å². The summed E-state index contributed by atoms with van der Waals surface area (Å²) in [5, 5.41) is 12.3. The molecule has 180 valence electrons. The van der Waals surface area contributed by atoms with E-state index in [1.165, 1.54) is 41.5 Å². The first-order valence-electron chi connectivity index (χ1n) is 10.8. The smallest absolute Gasteiger partial charge is 0.405 e. The first kappa shape index (κ1) is 22.6. The van der Waals surface area contributed by atoms with Crippen molar-refractivity contribution in [3.63, 3.8) is 0 Å².